The van der Waals surface area contributed by atoms with Crippen molar-refractivity contribution < 1.29 is 4.98 Å². The highest BCUT2D eigenvalue weighted by molar-refractivity contribution is 9.10. The maximum absolute atomic E-state index is 9.71. The number of aromatic amines is 1. The van der Waals surface area contributed by atoms with Gasteiger partial charge in [0.05, 0.1) is 10.1 Å². The Morgan fingerprint density at radius 1 is 1.23 bits per heavy atom. The molecule has 1 aliphatic carbocycles. The molecule has 0 spiro atoms. The monoisotopic (exact) mass is 421 g/mol. The first-order chi connectivity index (χ1) is 12.7. The number of nitrogens with one attached hydrogen (secondary N) is 1. The molecule has 1 aromatic carbocycles. The predicted molar refractivity (Wildman–Crippen MR) is 108 cm³/mol. The maximum atomic E-state index is 9.71. The summed E-state index contributed by atoms with van der Waals surface area (Å²) < 4.78 is 2.03. The van der Waals surface area contributed by atoms with Gasteiger partial charge >= 0.3 is 0 Å². The van der Waals surface area contributed by atoms with Gasteiger partial charge in [0.2, 0.25) is 0 Å². The molecule has 0 aliphatic heterocycles. The van der Waals surface area contributed by atoms with Crippen molar-refractivity contribution in [3.05, 3.63) is 51.6 Å². The first-order valence-corrected chi connectivity index (χ1v) is 10.0. The van der Waals surface area contributed by atoms with Gasteiger partial charge in [0, 0.05) is 15.7 Å². The van der Waals surface area contributed by atoms with Crippen LogP contribution in [0.15, 0.2) is 34.8 Å². The summed E-state index contributed by atoms with van der Waals surface area (Å²) in [5.74, 6) is 0.401. The van der Waals surface area contributed by atoms with E-state index in [9.17, 15) is 5.26 Å². The largest absolute Gasteiger partial charge is 0.289 e. The number of nitrogen functional groups attached to an aromatic ring is 1. The molecule has 0 radical (unpaired) electrons. The lowest BCUT2D eigenvalue weighted by Crippen LogP contribution is -2.14. The van der Waals surface area contributed by atoms with Crippen LogP contribution in [-0.2, 0) is 12.8 Å². The Bertz CT molecular complexity index is 1240. The van der Waals surface area contributed by atoms with E-state index in [1.54, 1.807) is 11.3 Å². The molecule has 0 bridgehead atoms. The summed E-state index contributed by atoms with van der Waals surface area (Å²) in [5.41, 5.74) is 12.1. The highest BCUT2D eigenvalue weighted by Crippen LogP contribution is 2.41. The number of rotatable bonds is 1. The fourth-order valence-corrected chi connectivity index (χ4v) is 5.20. The summed E-state index contributed by atoms with van der Waals surface area (Å²) in [5, 5.41) is 10.8. The minimum atomic E-state index is 0.401. The molecule has 5 rings (SSSR count). The van der Waals surface area contributed by atoms with Crippen molar-refractivity contribution in [3.8, 4) is 17.2 Å². The number of aryl methyl sites for hydroxylation is 2. The third-order valence-corrected chi connectivity index (χ3v) is 6.61. The van der Waals surface area contributed by atoms with E-state index in [1.807, 2.05) is 24.3 Å². The number of nitriles is 1. The molecule has 0 fully saturated rings. The molecule has 3 N–H and O–H groups in total. The molecule has 3 heterocycles. The highest BCUT2D eigenvalue weighted by Gasteiger charge is 2.24. The van der Waals surface area contributed by atoms with Crippen molar-refractivity contribution in [1.82, 2.24) is 4.98 Å². The maximum Gasteiger partial charge on any atom is 0.289 e. The van der Waals surface area contributed by atoms with Gasteiger partial charge in [-0.1, -0.05) is 28.1 Å². The Hall–Kier alpha value is -2.49. The number of nitrogens with zero attached hydrogens (tertiary/aromatic N) is 2. The van der Waals surface area contributed by atoms with Crippen molar-refractivity contribution in [1.29, 1.82) is 5.26 Å². The lowest BCUT2D eigenvalue weighted by Gasteiger charge is -2.06. The smallest absolute Gasteiger partial charge is 0.286 e. The van der Waals surface area contributed by atoms with Crippen LogP contribution >= 0.6 is 27.3 Å². The van der Waals surface area contributed by atoms with Gasteiger partial charge in [0.15, 0.2) is 5.52 Å². The molecule has 126 valence electrons. The lowest BCUT2D eigenvalue weighted by atomic mass is 10.00. The van der Waals surface area contributed by atoms with Crippen LogP contribution in [0, 0.1) is 11.3 Å². The highest BCUT2D eigenvalue weighted by atomic mass is 79.9. The number of halogens is 1. The van der Waals surface area contributed by atoms with Gasteiger partial charge in [0.1, 0.15) is 16.5 Å². The van der Waals surface area contributed by atoms with E-state index < -0.39 is 0 Å². The number of aromatic nitrogens is 2. The molecule has 4 aromatic rings. The summed E-state index contributed by atoms with van der Waals surface area (Å²) in [7, 11) is 0. The molecule has 0 saturated carbocycles. The minimum Gasteiger partial charge on any atom is -0.286 e. The van der Waals surface area contributed by atoms with Crippen LogP contribution in [0.2, 0.25) is 0 Å². The number of thiophene rings is 1. The Morgan fingerprint density at radius 3 is 2.81 bits per heavy atom. The molecule has 6 heteroatoms. The van der Waals surface area contributed by atoms with Gasteiger partial charge in [-0.25, -0.2) is 9.97 Å². The number of hydrogen-bond acceptors (Lipinski definition) is 4. The van der Waals surface area contributed by atoms with Crippen molar-refractivity contribution >= 4 is 53.5 Å². The molecular weight excluding hydrogens is 408 g/mol. The van der Waals surface area contributed by atoms with Crippen LogP contribution < -0.4 is 10.7 Å². The Morgan fingerprint density at radius 2 is 2.04 bits per heavy atom. The first-order valence-electron chi connectivity index (χ1n) is 8.41. The van der Waals surface area contributed by atoms with Crippen LogP contribution in [0.1, 0.15) is 23.2 Å². The second-order valence-electron chi connectivity index (χ2n) is 6.51. The SMILES string of the molecule is N#Cc1c(N)[nH+]c2c(sc3nc4c(cc32)CCC4)c1-c1ccc(Br)cc1. The van der Waals surface area contributed by atoms with E-state index in [0.717, 1.165) is 48.9 Å². The molecule has 0 atom stereocenters. The number of benzene rings is 1. The summed E-state index contributed by atoms with van der Waals surface area (Å²) in [6.45, 7) is 0. The first kappa shape index (κ1) is 15.7. The van der Waals surface area contributed by atoms with Crippen molar-refractivity contribution in [3.63, 3.8) is 0 Å². The number of nitrogens with two attached hydrogens (primary N) is 1. The van der Waals surface area contributed by atoms with Gasteiger partial charge in [-0.15, -0.1) is 11.3 Å². The molecular formula is C20H14BrN4S+. The van der Waals surface area contributed by atoms with Gasteiger partial charge < -0.3 is 0 Å². The average Bonchev–Trinajstić information content (AvgIpc) is 3.23. The van der Waals surface area contributed by atoms with E-state index in [2.05, 4.69) is 33.0 Å². The molecule has 0 saturated heterocycles. The van der Waals surface area contributed by atoms with Gasteiger partial charge in [-0.2, -0.15) is 5.26 Å². The Balaban J connectivity index is 1.91. The fourth-order valence-electron chi connectivity index (χ4n) is 3.73. The minimum absolute atomic E-state index is 0.401. The van der Waals surface area contributed by atoms with E-state index >= 15 is 0 Å². The number of pyridine rings is 2. The van der Waals surface area contributed by atoms with Gasteiger partial charge in [0.25, 0.3) is 5.82 Å². The standard InChI is InChI=1S/C20H13BrN4S/c21-12-6-4-10(5-7-12)16-14(9-22)19(23)25-17-13-8-11-2-1-3-15(11)24-20(13)26-18(16)17/h4-8H,1-3H2,(H2,23,25)/p+1. The molecule has 26 heavy (non-hydrogen) atoms. The van der Waals surface area contributed by atoms with E-state index in [4.69, 9.17) is 10.7 Å². The molecule has 1 aliphatic rings. The fraction of sp³-hybridized carbons (Fsp3) is 0.150. The number of fused-ring (bicyclic) bond motifs is 4. The zero-order valence-corrected chi connectivity index (χ0v) is 16.2. The van der Waals surface area contributed by atoms with Crippen LogP contribution in [0.4, 0.5) is 5.82 Å². The average molecular weight is 422 g/mol. The van der Waals surface area contributed by atoms with Crippen LogP contribution in [-0.4, -0.2) is 4.98 Å². The van der Waals surface area contributed by atoms with E-state index in [1.165, 1.54) is 17.7 Å². The molecule has 3 aromatic heterocycles. The normalized spacial score (nSPS) is 13.2. The topological polar surface area (TPSA) is 76.8 Å². The number of H-pyrrole nitrogens is 1. The third kappa shape index (κ3) is 2.24. The second-order valence-corrected chi connectivity index (χ2v) is 8.43. The van der Waals surface area contributed by atoms with E-state index in [-0.39, 0.29) is 0 Å². The lowest BCUT2D eigenvalue weighted by molar-refractivity contribution is -0.325. The van der Waals surface area contributed by atoms with Crippen molar-refractivity contribution in [2.24, 2.45) is 0 Å². The van der Waals surface area contributed by atoms with Gasteiger partial charge in [-0.3, -0.25) is 5.73 Å². The predicted octanol–water partition coefficient (Wildman–Crippen LogP) is 4.64. The second kappa shape index (κ2) is 5.76. The van der Waals surface area contributed by atoms with Crippen molar-refractivity contribution in [2.45, 2.75) is 19.3 Å². The third-order valence-electron chi connectivity index (χ3n) is 4.96. The zero-order valence-electron chi connectivity index (χ0n) is 13.8. The van der Waals surface area contributed by atoms with Crippen LogP contribution in [0.3, 0.4) is 0 Å². The zero-order chi connectivity index (χ0) is 17.8. The van der Waals surface area contributed by atoms with Crippen LogP contribution in [0.25, 0.3) is 31.6 Å². The summed E-state index contributed by atoms with van der Waals surface area (Å²) in [6.07, 6.45) is 3.31. The Labute approximate surface area is 162 Å². The summed E-state index contributed by atoms with van der Waals surface area (Å²) >= 11 is 5.10. The Kier molecular flexibility index (Phi) is 3.49. The van der Waals surface area contributed by atoms with Gasteiger partial charge in [-0.05, 0) is 48.6 Å². The van der Waals surface area contributed by atoms with Crippen molar-refractivity contribution in [2.75, 3.05) is 5.73 Å². The molecule has 0 amide bonds. The number of hydrogen-bond donors (Lipinski definition) is 1. The number of anilines is 1. The summed E-state index contributed by atoms with van der Waals surface area (Å²) in [6, 6.07) is 12.5. The molecule has 0 unspecified atom stereocenters. The van der Waals surface area contributed by atoms with E-state index in [0.29, 0.717) is 11.4 Å². The summed E-state index contributed by atoms with van der Waals surface area (Å²) in [4.78, 5) is 9.16. The molecule has 4 nitrogen and oxygen atoms in total. The quantitative estimate of drug-likeness (QED) is 0.486. The van der Waals surface area contributed by atoms with Crippen LogP contribution in [0.5, 0.6) is 0 Å².